The minimum absolute atomic E-state index is 0.694. The summed E-state index contributed by atoms with van der Waals surface area (Å²) < 4.78 is 5.50. The molecule has 1 rings (SSSR count). The molecule has 1 aromatic rings. The smallest absolute Gasteiger partial charge is 0.128 e. The molecular weight excluding hydrogens is 186 g/mol. The van der Waals surface area contributed by atoms with Crippen molar-refractivity contribution >= 4 is 6.21 Å². The Kier molecular flexibility index (Phi) is 5.52. The molecule has 0 aromatic heterocycles. The van der Waals surface area contributed by atoms with Crippen molar-refractivity contribution in [3.63, 3.8) is 0 Å². The summed E-state index contributed by atoms with van der Waals surface area (Å²) in [5, 5.41) is 0. The van der Waals surface area contributed by atoms with E-state index in [-0.39, 0.29) is 0 Å². The minimum Gasteiger partial charge on any atom is -0.493 e. The number of unbranched alkanes of at least 4 members (excludes halogenated alkanes) is 1. The average Bonchev–Trinajstić information content (AvgIpc) is 2.27. The van der Waals surface area contributed by atoms with E-state index in [0.29, 0.717) is 6.61 Å². The van der Waals surface area contributed by atoms with Crippen molar-refractivity contribution in [3.8, 4) is 5.75 Å². The molecule has 0 aliphatic carbocycles. The van der Waals surface area contributed by atoms with Crippen LogP contribution in [-0.2, 0) is 0 Å². The zero-order valence-corrected chi connectivity index (χ0v) is 9.57. The fourth-order valence-electron chi connectivity index (χ4n) is 1.29. The van der Waals surface area contributed by atoms with Gasteiger partial charge in [-0.15, -0.1) is 0 Å². The lowest BCUT2D eigenvalue weighted by Crippen LogP contribution is -1.95. The van der Waals surface area contributed by atoms with E-state index >= 15 is 0 Å². The molecule has 0 heterocycles. The predicted molar refractivity (Wildman–Crippen MR) is 65.0 cm³/mol. The molecule has 2 heteroatoms. The van der Waals surface area contributed by atoms with Crippen molar-refractivity contribution < 1.29 is 4.74 Å². The summed E-state index contributed by atoms with van der Waals surface area (Å²) in [6, 6.07) is 7.99. The lowest BCUT2D eigenvalue weighted by atomic mass is 10.2. The number of rotatable bonds is 6. The largest absolute Gasteiger partial charge is 0.493 e. The molecular formula is C13H19NO. The van der Waals surface area contributed by atoms with Crippen molar-refractivity contribution in [3.05, 3.63) is 29.8 Å². The average molecular weight is 205 g/mol. The molecule has 0 N–H and O–H groups in total. The summed E-state index contributed by atoms with van der Waals surface area (Å²) in [6.45, 7) is 5.76. The van der Waals surface area contributed by atoms with Gasteiger partial charge >= 0.3 is 0 Å². The molecule has 0 spiro atoms. The highest BCUT2D eigenvalue weighted by atomic mass is 16.5. The number of aliphatic imine (C=N–C) groups is 1. The second-order valence-electron chi connectivity index (χ2n) is 3.36. The highest BCUT2D eigenvalue weighted by molar-refractivity contribution is 5.83. The molecule has 0 amide bonds. The predicted octanol–water partition coefficient (Wildman–Crippen LogP) is 3.30. The van der Waals surface area contributed by atoms with Gasteiger partial charge < -0.3 is 4.74 Å². The summed E-state index contributed by atoms with van der Waals surface area (Å²) in [4.78, 5) is 4.37. The van der Waals surface area contributed by atoms with Gasteiger partial charge in [-0.3, -0.25) is 4.99 Å². The Morgan fingerprint density at radius 2 is 2.07 bits per heavy atom. The fraction of sp³-hybridized carbons (Fsp3) is 0.462. The standard InChI is InChI=1S/C13H19NO/c1-3-5-10-14-11-12-8-6-7-9-13(12)15-4-2/h6-9,11H,3-5,10H2,1-2H3. The Morgan fingerprint density at radius 1 is 1.27 bits per heavy atom. The maximum absolute atomic E-state index is 5.50. The van der Waals surface area contributed by atoms with E-state index in [1.54, 1.807) is 0 Å². The van der Waals surface area contributed by atoms with Gasteiger partial charge in [0.1, 0.15) is 5.75 Å². The van der Waals surface area contributed by atoms with Crippen molar-refractivity contribution in [2.75, 3.05) is 13.2 Å². The third kappa shape index (κ3) is 4.15. The first-order chi connectivity index (χ1) is 7.38. The molecule has 0 radical (unpaired) electrons. The molecule has 0 atom stereocenters. The second kappa shape index (κ2) is 7.04. The quantitative estimate of drug-likeness (QED) is 0.516. The lowest BCUT2D eigenvalue weighted by molar-refractivity contribution is 0.340. The van der Waals surface area contributed by atoms with E-state index in [1.807, 2.05) is 37.4 Å². The van der Waals surface area contributed by atoms with E-state index in [9.17, 15) is 0 Å². The number of nitrogens with zero attached hydrogens (tertiary/aromatic N) is 1. The zero-order chi connectivity index (χ0) is 10.9. The van der Waals surface area contributed by atoms with Crippen LogP contribution < -0.4 is 4.74 Å². The molecule has 0 unspecified atom stereocenters. The molecule has 0 fully saturated rings. The van der Waals surface area contributed by atoms with Gasteiger partial charge in [0.15, 0.2) is 0 Å². The Bertz CT molecular complexity index is 307. The van der Waals surface area contributed by atoms with Crippen molar-refractivity contribution in [2.24, 2.45) is 4.99 Å². The monoisotopic (exact) mass is 205 g/mol. The molecule has 0 aliphatic rings. The van der Waals surface area contributed by atoms with Crippen LogP contribution in [0.25, 0.3) is 0 Å². The summed E-state index contributed by atoms with van der Waals surface area (Å²) in [7, 11) is 0. The van der Waals surface area contributed by atoms with Crippen LogP contribution in [0, 0.1) is 0 Å². The van der Waals surface area contributed by atoms with Crippen LogP contribution in [-0.4, -0.2) is 19.4 Å². The van der Waals surface area contributed by atoms with Crippen LogP contribution in [0.1, 0.15) is 32.3 Å². The highest BCUT2D eigenvalue weighted by Crippen LogP contribution is 2.15. The van der Waals surface area contributed by atoms with Gasteiger partial charge in [-0.1, -0.05) is 25.5 Å². The SMILES string of the molecule is CCCCN=Cc1ccccc1OCC. The maximum atomic E-state index is 5.50. The fourth-order valence-corrected chi connectivity index (χ4v) is 1.29. The second-order valence-corrected chi connectivity index (χ2v) is 3.36. The summed E-state index contributed by atoms with van der Waals surface area (Å²) >= 11 is 0. The van der Waals surface area contributed by atoms with Gasteiger partial charge in [-0.2, -0.15) is 0 Å². The normalized spacial score (nSPS) is 10.8. The molecule has 0 bridgehead atoms. The molecule has 15 heavy (non-hydrogen) atoms. The molecule has 82 valence electrons. The van der Waals surface area contributed by atoms with Crippen LogP contribution in [0.4, 0.5) is 0 Å². The first-order valence-electron chi connectivity index (χ1n) is 5.60. The molecule has 1 aromatic carbocycles. The van der Waals surface area contributed by atoms with Gasteiger partial charge in [0.2, 0.25) is 0 Å². The molecule has 0 saturated heterocycles. The Labute approximate surface area is 92.0 Å². The zero-order valence-electron chi connectivity index (χ0n) is 9.57. The topological polar surface area (TPSA) is 21.6 Å². The van der Waals surface area contributed by atoms with Crippen LogP contribution in [0.2, 0.25) is 0 Å². The third-order valence-corrected chi connectivity index (χ3v) is 2.09. The van der Waals surface area contributed by atoms with E-state index in [4.69, 9.17) is 4.74 Å². The van der Waals surface area contributed by atoms with Gasteiger partial charge in [0.25, 0.3) is 0 Å². The van der Waals surface area contributed by atoms with Crippen LogP contribution >= 0.6 is 0 Å². The first-order valence-corrected chi connectivity index (χ1v) is 5.60. The molecule has 0 saturated carbocycles. The number of hydrogen-bond donors (Lipinski definition) is 0. The van der Waals surface area contributed by atoms with E-state index in [2.05, 4.69) is 11.9 Å². The van der Waals surface area contributed by atoms with Crippen molar-refractivity contribution in [2.45, 2.75) is 26.7 Å². The van der Waals surface area contributed by atoms with Gasteiger partial charge in [-0.05, 0) is 25.5 Å². The number of hydrogen-bond acceptors (Lipinski definition) is 2. The van der Waals surface area contributed by atoms with E-state index in [0.717, 1.165) is 24.3 Å². The van der Waals surface area contributed by atoms with E-state index < -0.39 is 0 Å². The summed E-state index contributed by atoms with van der Waals surface area (Å²) in [5.41, 5.74) is 1.07. The number of benzene rings is 1. The number of para-hydroxylation sites is 1. The lowest BCUT2D eigenvalue weighted by Gasteiger charge is -2.05. The Hall–Kier alpha value is -1.31. The minimum atomic E-state index is 0.694. The van der Waals surface area contributed by atoms with Crippen LogP contribution in [0.15, 0.2) is 29.3 Å². The Balaban J connectivity index is 2.62. The van der Waals surface area contributed by atoms with Crippen molar-refractivity contribution in [1.29, 1.82) is 0 Å². The van der Waals surface area contributed by atoms with E-state index in [1.165, 1.54) is 6.42 Å². The van der Waals surface area contributed by atoms with Gasteiger partial charge in [0, 0.05) is 18.3 Å². The molecule has 2 nitrogen and oxygen atoms in total. The number of ether oxygens (including phenoxy) is 1. The maximum Gasteiger partial charge on any atom is 0.128 e. The van der Waals surface area contributed by atoms with Gasteiger partial charge in [0.05, 0.1) is 6.61 Å². The Morgan fingerprint density at radius 3 is 2.80 bits per heavy atom. The highest BCUT2D eigenvalue weighted by Gasteiger charge is 1.97. The molecule has 0 aliphatic heterocycles. The summed E-state index contributed by atoms with van der Waals surface area (Å²) in [6.07, 6.45) is 4.23. The van der Waals surface area contributed by atoms with Crippen LogP contribution in [0.3, 0.4) is 0 Å². The first kappa shape index (κ1) is 11.8. The van der Waals surface area contributed by atoms with Crippen molar-refractivity contribution in [1.82, 2.24) is 0 Å². The summed E-state index contributed by atoms with van der Waals surface area (Å²) in [5.74, 6) is 0.917. The third-order valence-electron chi connectivity index (χ3n) is 2.09. The van der Waals surface area contributed by atoms with Gasteiger partial charge in [-0.25, -0.2) is 0 Å². The van der Waals surface area contributed by atoms with Crippen LogP contribution in [0.5, 0.6) is 5.75 Å².